The van der Waals surface area contributed by atoms with Crippen molar-refractivity contribution in [1.29, 1.82) is 0 Å². The number of hydrogen-bond donors (Lipinski definition) is 1. The molecule has 14 heavy (non-hydrogen) atoms. The minimum atomic E-state index is 0.237. The molecular weight excluding hydrogens is 264 g/mol. The fraction of sp³-hybridized carbons (Fsp3) is 0.222. The lowest BCUT2D eigenvalue weighted by atomic mass is 10.2. The van der Waals surface area contributed by atoms with E-state index in [2.05, 4.69) is 20.9 Å². The zero-order chi connectivity index (χ0) is 10.1. The number of halogens is 1. The zero-order valence-electron chi connectivity index (χ0n) is 7.58. The van der Waals surface area contributed by atoms with Gasteiger partial charge >= 0.3 is 0 Å². The molecule has 0 saturated carbocycles. The van der Waals surface area contributed by atoms with Crippen LogP contribution in [-0.2, 0) is 6.42 Å². The molecule has 0 aromatic carbocycles. The van der Waals surface area contributed by atoms with Gasteiger partial charge in [0.15, 0.2) is 0 Å². The van der Waals surface area contributed by atoms with Crippen molar-refractivity contribution in [3.05, 3.63) is 21.7 Å². The van der Waals surface area contributed by atoms with Crippen molar-refractivity contribution in [2.45, 2.75) is 13.3 Å². The van der Waals surface area contributed by atoms with Gasteiger partial charge in [-0.2, -0.15) is 4.98 Å². The van der Waals surface area contributed by atoms with Crippen molar-refractivity contribution in [2.24, 2.45) is 0 Å². The lowest BCUT2D eigenvalue weighted by molar-refractivity contribution is 0.530. The zero-order valence-corrected chi connectivity index (χ0v) is 9.98. The summed E-state index contributed by atoms with van der Waals surface area (Å²) in [5, 5.41) is 0. The summed E-state index contributed by atoms with van der Waals surface area (Å²) in [4.78, 5) is 5.24. The summed E-state index contributed by atoms with van der Waals surface area (Å²) in [5.41, 5.74) is 6.38. The standard InChI is InChI=1S/C9H9BrN2OS/c1-2-5-8(12-9(11)13-5)6-3-4-7(10)14-6/h3-4H,2H2,1H3,(H2,11,12). The highest BCUT2D eigenvalue weighted by atomic mass is 79.9. The van der Waals surface area contributed by atoms with Crippen molar-refractivity contribution in [1.82, 2.24) is 4.98 Å². The van der Waals surface area contributed by atoms with Gasteiger partial charge in [0.2, 0.25) is 0 Å². The summed E-state index contributed by atoms with van der Waals surface area (Å²) in [7, 11) is 0. The normalized spacial score (nSPS) is 10.7. The van der Waals surface area contributed by atoms with Crippen LogP contribution in [0.1, 0.15) is 12.7 Å². The summed E-state index contributed by atoms with van der Waals surface area (Å²) in [6.45, 7) is 2.02. The van der Waals surface area contributed by atoms with E-state index < -0.39 is 0 Å². The third kappa shape index (κ3) is 1.69. The Morgan fingerprint density at radius 1 is 1.57 bits per heavy atom. The van der Waals surface area contributed by atoms with Crippen molar-refractivity contribution in [2.75, 3.05) is 5.73 Å². The van der Waals surface area contributed by atoms with Gasteiger partial charge < -0.3 is 10.2 Å². The van der Waals surface area contributed by atoms with E-state index in [1.807, 2.05) is 19.1 Å². The molecule has 2 heterocycles. The van der Waals surface area contributed by atoms with E-state index in [4.69, 9.17) is 10.2 Å². The molecule has 0 amide bonds. The third-order valence-electron chi connectivity index (χ3n) is 1.84. The number of nitrogens with zero attached hydrogens (tertiary/aromatic N) is 1. The van der Waals surface area contributed by atoms with Gasteiger partial charge in [-0.15, -0.1) is 11.3 Å². The Hall–Kier alpha value is -0.810. The van der Waals surface area contributed by atoms with Crippen LogP contribution in [-0.4, -0.2) is 4.98 Å². The molecule has 0 aliphatic rings. The molecule has 2 N–H and O–H groups in total. The SMILES string of the molecule is CCc1oc(N)nc1-c1ccc(Br)s1. The van der Waals surface area contributed by atoms with E-state index in [-0.39, 0.29) is 6.01 Å². The first-order chi connectivity index (χ1) is 6.70. The van der Waals surface area contributed by atoms with E-state index in [0.29, 0.717) is 0 Å². The van der Waals surface area contributed by atoms with Gasteiger partial charge in [0.1, 0.15) is 11.5 Å². The number of aromatic nitrogens is 1. The van der Waals surface area contributed by atoms with Crippen molar-refractivity contribution in [3.8, 4) is 10.6 Å². The summed E-state index contributed by atoms with van der Waals surface area (Å²) >= 11 is 5.03. The lowest BCUT2D eigenvalue weighted by Gasteiger charge is -1.92. The number of anilines is 1. The minimum Gasteiger partial charge on any atom is -0.428 e. The number of nitrogen functional groups attached to an aromatic ring is 1. The molecule has 74 valence electrons. The molecule has 0 aliphatic heterocycles. The highest BCUT2D eigenvalue weighted by molar-refractivity contribution is 9.11. The largest absolute Gasteiger partial charge is 0.428 e. The van der Waals surface area contributed by atoms with Crippen LogP contribution in [0.5, 0.6) is 0 Å². The maximum atomic E-state index is 5.51. The molecule has 0 unspecified atom stereocenters. The van der Waals surface area contributed by atoms with Gasteiger partial charge in [-0.05, 0) is 28.1 Å². The monoisotopic (exact) mass is 272 g/mol. The van der Waals surface area contributed by atoms with Gasteiger partial charge in [-0.25, -0.2) is 0 Å². The first-order valence-corrected chi connectivity index (χ1v) is 5.82. The quantitative estimate of drug-likeness (QED) is 0.913. The highest BCUT2D eigenvalue weighted by Crippen LogP contribution is 2.33. The number of thiophene rings is 1. The molecule has 2 rings (SSSR count). The van der Waals surface area contributed by atoms with Crippen LogP contribution < -0.4 is 5.73 Å². The van der Waals surface area contributed by atoms with Crippen LogP contribution in [0.25, 0.3) is 10.6 Å². The van der Waals surface area contributed by atoms with Crippen molar-refractivity contribution < 1.29 is 4.42 Å². The Labute approximate surface area is 94.1 Å². The van der Waals surface area contributed by atoms with Gasteiger partial charge in [0.25, 0.3) is 6.01 Å². The van der Waals surface area contributed by atoms with Crippen LogP contribution >= 0.6 is 27.3 Å². The van der Waals surface area contributed by atoms with Crippen LogP contribution in [0, 0.1) is 0 Å². The minimum absolute atomic E-state index is 0.237. The molecular formula is C9H9BrN2OS. The Kier molecular flexibility index (Phi) is 2.60. The van der Waals surface area contributed by atoms with E-state index in [0.717, 1.165) is 26.5 Å². The number of hydrogen-bond acceptors (Lipinski definition) is 4. The van der Waals surface area contributed by atoms with Gasteiger partial charge in [-0.3, -0.25) is 0 Å². The maximum absolute atomic E-state index is 5.51. The van der Waals surface area contributed by atoms with E-state index in [9.17, 15) is 0 Å². The second-order valence-electron chi connectivity index (χ2n) is 2.78. The number of nitrogens with two attached hydrogens (primary N) is 1. The Morgan fingerprint density at radius 3 is 2.93 bits per heavy atom. The lowest BCUT2D eigenvalue weighted by Crippen LogP contribution is -1.82. The number of oxazole rings is 1. The van der Waals surface area contributed by atoms with Crippen LogP contribution in [0.4, 0.5) is 6.01 Å². The average molecular weight is 273 g/mol. The first-order valence-electron chi connectivity index (χ1n) is 4.21. The predicted octanol–water partition coefficient (Wildman–Crippen LogP) is 3.31. The summed E-state index contributed by atoms with van der Waals surface area (Å²) in [6.07, 6.45) is 0.801. The molecule has 5 heteroatoms. The van der Waals surface area contributed by atoms with Gasteiger partial charge in [0, 0.05) is 6.42 Å². The summed E-state index contributed by atoms with van der Waals surface area (Å²) in [6, 6.07) is 4.23. The molecule has 0 radical (unpaired) electrons. The van der Waals surface area contributed by atoms with Crippen LogP contribution in [0.2, 0.25) is 0 Å². The fourth-order valence-electron chi connectivity index (χ4n) is 1.24. The van der Waals surface area contributed by atoms with Crippen molar-refractivity contribution >= 4 is 33.3 Å². The summed E-state index contributed by atoms with van der Waals surface area (Å²) < 4.78 is 6.37. The van der Waals surface area contributed by atoms with Crippen LogP contribution in [0.3, 0.4) is 0 Å². The predicted molar refractivity (Wildman–Crippen MR) is 61.3 cm³/mol. The van der Waals surface area contributed by atoms with E-state index in [1.54, 1.807) is 11.3 Å². The maximum Gasteiger partial charge on any atom is 0.292 e. The molecule has 3 nitrogen and oxygen atoms in total. The molecule has 2 aromatic heterocycles. The van der Waals surface area contributed by atoms with Gasteiger partial charge in [-0.1, -0.05) is 6.92 Å². The average Bonchev–Trinajstić information content (AvgIpc) is 2.71. The Balaban J connectivity index is 2.49. The van der Waals surface area contributed by atoms with E-state index in [1.165, 1.54) is 0 Å². The van der Waals surface area contributed by atoms with Gasteiger partial charge in [0.05, 0.1) is 8.66 Å². The topological polar surface area (TPSA) is 52.0 Å². The molecule has 2 aromatic rings. The molecule has 0 fully saturated rings. The smallest absolute Gasteiger partial charge is 0.292 e. The second kappa shape index (κ2) is 3.74. The summed E-state index contributed by atoms with van der Waals surface area (Å²) in [5.74, 6) is 0.844. The molecule has 0 atom stereocenters. The Bertz CT molecular complexity index is 449. The Morgan fingerprint density at radius 2 is 2.36 bits per heavy atom. The number of aryl methyl sites for hydroxylation is 1. The van der Waals surface area contributed by atoms with E-state index >= 15 is 0 Å². The molecule has 0 spiro atoms. The first kappa shape index (κ1) is 9.73. The molecule has 0 saturated heterocycles. The van der Waals surface area contributed by atoms with Crippen LogP contribution in [0.15, 0.2) is 20.3 Å². The molecule has 0 bridgehead atoms. The third-order valence-corrected chi connectivity index (χ3v) is 3.47. The highest BCUT2D eigenvalue weighted by Gasteiger charge is 2.13. The van der Waals surface area contributed by atoms with Crippen molar-refractivity contribution in [3.63, 3.8) is 0 Å². The molecule has 0 aliphatic carbocycles. The fourth-order valence-corrected chi connectivity index (χ4v) is 2.64. The second-order valence-corrected chi connectivity index (χ2v) is 5.24. The number of rotatable bonds is 2.